The Morgan fingerprint density at radius 1 is 0.421 bits per heavy atom. The highest BCUT2D eigenvalue weighted by Crippen LogP contribution is 2.64. The van der Waals surface area contributed by atoms with Crippen LogP contribution < -0.4 is 0 Å². The van der Waals surface area contributed by atoms with Crippen LogP contribution in [0.3, 0.4) is 0 Å². The van der Waals surface area contributed by atoms with Crippen LogP contribution in [0.2, 0.25) is 0 Å². The summed E-state index contributed by atoms with van der Waals surface area (Å²) < 4.78 is 4.93. The summed E-state index contributed by atoms with van der Waals surface area (Å²) >= 11 is 0. The van der Waals surface area contributed by atoms with Crippen molar-refractivity contribution in [2.75, 3.05) is 0 Å². The second-order valence-corrected chi connectivity index (χ2v) is 15.9. The molecule has 0 radical (unpaired) electrons. The van der Waals surface area contributed by atoms with Crippen molar-refractivity contribution < 1.29 is 0 Å². The standard InChI is InChI=1S/C55H36N2/c1-2-15-37(16-3-1)56-49-26-12-7-19-40(49)43-33-35(29-31-51(43)56)36-30-32-52-44(34-36)41-20-8-13-27-50(41)57(52)53-28-14-25-48-54(53)42-21-6-11-24-47(42)55(48)45-22-9-4-17-38(45)39-18-5-10-23-46(39)55/h1-10,12-23,25-34H,11,24H2. The van der Waals surface area contributed by atoms with Crippen molar-refractivity contribution >= 4 is 49.2 Å². The van der Waals surface area contributed by atoms with E-state index in [0.29, 0.717) is 0 Å². The van der Waals surface area contributed by atoms with Crippen molar-refractivity contribution in [1.29, 1.82) is 0 Å². The summed E-state index contributed by atoms with van der Waals surface area (Å²) in [6, 6.07) is 67.9. The van der Waals surface area contributed by atoms with Crippen LogP contribution in [-0.2, 0) is 5.41 Å². The molecule has 0 unspecified atom stereocenters. The van der Waals surface area contributed by atoms with Crippen LogP contribution in [0.5, 0.6) is 0 Å². The largest absolute Gasteiger partial charge is 0.309 e. The number of rotatable bonds is 3. The third-order valence-electron chi connectivity index (χ3n) is 13.2. The topological polar surface area (TPSA) is 9.86 Å². The minimum atomic E-state index is -0.299. The van der Waals surface area contributed by atoms with E-state index in [1.54, 1.807) is 0 Å². The molecule has 3 aliphatic carbocycles. The van der Waals surface area contributed by atoms with Crippen molar-refractivity contribution in [2.24, 2.45) is 0 Å². The average molecular weight is 725 g/mol. The zero-order chi connectivity index (χ0) is 37.2. The summed E-state index contributed by atoms with van der Waals surface area (Å²) in [5.74, 6) is 0. The lowest BCUT2D eigenvalue weighted by molar-refractivity contribution is 0.714. The summed E-state index contributed by atoms with van der Waals surface area (Å²) in [5, 5.41) is 5.07. The Kier molecular flexibility index (Phi) is 6.24. The number of allylic oxidation sites excluding steroid dienone is 4. The predicted octanol–water partition coefficient (Wildman–Crippen LogP) is 14.0. The molecule has 0 saturated carbocycles. The van der Waals surface area contributed by atoms with Gasteiger partial charge >= 0.3 is 0 Å². The first-order valence-electron chi connectivity index (χ1n) is 20.2. The van der Waals surface area contributed by atoms with Crippen molar-refractivity contribution in [3.63, 3.8) is 0 Å². The molecule has 3 aliphatic rings. The lowest BCUT2D eigenvalue weighted by Gasteiger charge is -2.33. The second-order valence-electron chi connectivity index (χ2n) is 15.9. The van der Waals surface area contributed by atoms with E-state index in [-0.39, 0.29) is 5.41 Å². The van der Waals surface area contributed by atoms with Gasteiger partial charge in [0.2, 0.25) is 0 Å². The zero-order valence-corrected chi connectivity index (χ0v) is 31.3. The summed E-state index contributed by atoms with van der Waals surface area (Å²) in [6.07, 6.45) is 6.92. The van der Waals surface area contributed by atoms with Crippen LogP contribution in [0.4, 0.5) is 0 Å². The Morgan fingerprint density at radius 3 is 1.65 bits per heavy atom. The Labute approximate surface area is 330 Å². The van der Waals surface area contributed by atoms with E-state index in [1.807, 2.05) is 0 Å². The van der Waals surface area contributed by atoms with E-state index in [0.717, 1.165) is 12.8 Å². The summed E-state index contributed by atoms with van der Waals surface area (Å²) in [4.78, 5) is 0. The molecule has 0 N–H and O–H groups in total. The van der Waals surface area contributed by atoms with Crippen LogP contribution in [0, 0.1) is 0 Å². The number of para-hydroxylation sites is 3. The third-order valence-corrected chi connectivity index (χ3v) is 13.2. The molecule has 13 rings (SSSR count). The molecule has 8 aromatic carbocycles. The molecule has 57 heavy (non-hydrogen) atoms. The maximum absolute atomic E-state index is 2.54. The monoisotopic (exact) mass is 724 g/mol. The molecule has 0 atom stereocenters. The zero-order valence-electron chi connectivity index (χ0n) is 31.3. The molecular formula is C55H36N2. The molecule has 10 aromatic rings. The Balaban J connectivity index is 1.04. The van der Waals surface area contributed by atoms with Gasteiger partial charge < -0.3 is 9.13 Å². The highest BCUT2D eigenvalue weighted by Gasteiger charge is 2.53. The summed E-state index contributed by atoms with van der Waals surface area (Å²) in [5.41, 5.74) is 20.7. The van der Waals surface area contributed by atoms with E-state index >= 15 is 0 Å². The Hall–Kier alpha value is -7.16. The minimum absolute atomic E-state index is 0.299. The van der Waals surface area contributed by atoms with Gasteiger partial charge in [-0.3, -0.25) is 0 Å². The SMILES string of the molecule is C1=CC2=C(CC1)C1(c3ccccc3-c3ccccc31)c1cccc(-n3c4ccccc4c4cc(-c5ccc6c(c5)c5ccccc5n6-c5ccccc5)ccc43)c12. The second kappa shape index (κ2) is 11.4. The maximum atomic E-state index is 2.54. The number of benzene rings is 8. The molecule has 0 saturated heterocycles. The fourth-order valence-corrected chi connectivity index (χ4v) is 11.0. The maximum Gasteiger partial charge on any atom is 0.0689 e. The Bertz CT molecular complexity index is 3360. The molecular weight excluding hydrogens is 689 g/mol. The van der Waals surface area contributed by atoms with Crippen LogP contribution >= 0.6 is 0 Å². The molecule has 2 aromatic heterocycles. The molecule has 0 fully saturated rings. The van der Waals surface area contributed by atoms with Crippen LogP contribution in [0.25, 0.3) is 82.8 Å². The average Bonchev–Trinajstić information content (AvgIpc) is 3.98. The molecule has 0 aliphatic heterocycles. The van der Waals surface area contributed by atoms with E-state index < -0.39 is 0 Å². The van der Waals surface area contributed by atoms with E-state index in [4.69, 9.17) is 0 Å². The van der Waals surface area contributed by atoms with Gasteiger partial charge in [0.25, 0.3) is 0 Å². The first-order chi connectivity index (χ1) is 28.3. The fraction of sp³-hybridized carbons (Fsp3) is 0.0545. The molecule has 2 heteroatoms. The van der Waals surface area contributed by atoms with Gasteiger partial charge in [0, 0.05) is 32.8 Å². The summed E-state index contributed by atoms with van der Waals surface area (Å²) in [6.45, 7) is 0. The number of hydrogen-bond acceptors (Lipinski definition) is 0. The fourth-order valence-electron chi connectivity index (χ4n) is 11.0. The first-order valence-corrected chi connectivity index (χ1v) is 20.2. The van der Waals surface area contributed by atoms with Crippen LogP contribution in [-0.4, -0.2) is 9.13 Å². The molecule has 2 nitrogen and oxygen atoms in total. The number of hydrogen-bond donors (Lipinski definition) is 0. The lowest BCUT2D eigenvalue weighted by Crippen LogP contribution is -2.27. The van der Waals surface area contributed by atoms with E-state index in [2.05, 4.69) is 203 Å². The molecule has 0 amide bonds. The van der Waals surface area contributed by atoms with Crippen LogP contribution in [0.15, 0.2) is 200 Å². The first kappa shape index (κ1) is 31.1. The number of nitrogens with zero attached hydrogens (tertiary/aromatic N) is 2. The highest BCUT2D eigenvalue weighted by molar-refractivity contribution is 6.13. The highest BCUT2D eigenvalue weighted by atomic mass is 15.0. The minimum Gasteiger partial charge on any atom is -0.309 e. The lowest BCUT2D eigenvalue weighted by atomic mass is 9.68. The van der Waals surface area contributed by atoms with Gasteiger partial charge in [-0.05, 0) is 118 Å². The molecule has 0 bridgehead atoms. The molecule has 1 spiro atoms. The van der Waals surface area contributed by atoms with Gasteiger partial charge in [0.05, 0.1) is 33.2 Å². The van der Waals surface area contributed by atoms with Crippen molar-refractivity contribution in [2.45, 2.75) is 18.3 Å². The third kappa shape index (κ3) is 3.99. The predicted molar refractivity (Wildman–Crippen MR) is 238 cm³/mol. The number of fused-ring (bicyclic) bond motifs is 15. The van der Waals surface area contributed by atoms with Gasteiger partial charge in [-0.1, -0.05) is 140 Å². The Morgan fingerprint density at radius 2 is 0.965 bits per heavy atom. The van der Waals surface area contributed by atoms with Crippen molar-refractivity contribution in [1.82, 2.24) is 9.13 Å². The van der Waals surface area contributed by atoms with Crippen molar-refractivity contribution in [3.8, 4) is 33.6 Å². The van der Waals surface area contributed by atoms with Gasteiger partial charge in [-0.2, -0.15) is 0 Å². The van der Waals surface area contributed by atoms with Gasteiger partial charge in [-0.15, -0.1) is 0 Å². The van der Waals surface area contributed by atoms with Crippen LogP contribution in [0.1, 0.15) is 35.1 Å². The quantitative estimate of drug-likeness (QED) is 0.172. The normalized spacial score (nSPS) is 14.9. The number of aromatic nitrogens is 2. The van der Waals surface area contributed by atoms with Gasteiger partial charge in [-0.25, -0.2) is 0 Å². The van der Waals surface area contributed by atoms with Gasteiger partial charge in [0.1, 0.15) is 0 Å². The summed E-state index contributed by atoms with van der Waals surface area (Å²) in [7, 11) is 0. The van der Waals surface area contributed by atoms with E-state index in [9.17, 15) is 0 Å². The van der Waals surface area contributed by atoms with Gasteiger partial charge in [0.15, 0.2) is 0 Å². The smallest absolute Gasteiger partial charge is 0.0689 e. The van der Waals surface area contributed by atoms with E-state index in [1.165, 1.54) is 111 Å². The molecule has 2 heterocycles. The van der Waals surface area contributed by atoms with Crippen molar-refractivity contribution in [3.05, 3.63) is 222 Å². The molecule has 266 valence electrons.